The first-order chi connectivity index (χ1) is 14.3. The Hall–Kier alpha value is -3.33. The normalized spacial score (nSPS) is 16.2. The topological polar surface area (TPSA) is 86.8 Å². The highest BCUT2D eigenvalue weighted by atomic mass is 79.9. The first-order valence-corrected chi connectivity index (χ1v) is 9.76. The van der Waals surface area contributed by atoms with E-state index in [4.69, 9.17) is 0 Å². The second-order valence-electron chi connectivity index (χ2n) is 6.39. The molecular weight excluding hydrogens is 457 g/mol. The maximum Gasteiger partial charge on any atom is 0.271 e. The van der Waals surface area contributed by atoms with Gasteiger partial charge in [0.05, 0.1) is 17.7 Å². The number of allylic oxidation sites excluding steroid dienone is 1. The number of nitrogens with one attached hydrogen (secondary N) is 1. The molecule has 0 aliphatic carbocycles. The third-order valence-corrected chi connectivity index (χ3v) is 5.10. The third kappa shape index (κ3) is 4.30. The van der Waals surface area contributed by atoms with Crippen molar-refractivity contribution in [1.82, 2.24) is 10.4 Å². The van der Waals surface area contributed by atoms with Crippen LogP contribution < -0.4 is 10.3 Å². The summed E-state index contributed by atoms with van der Waals surface area (Å²) in [6.07, 6.45) is 2.31. The second-order valence-corrected chi connectivity index (χ2v) is 7.25. The highest BCUT2D eigenvalue weighted by Gasteiger charge is 2.45. The Morgan fingerprint density at radius 3 is 2.47 bits per heavy atom. The highest BCUT2D eigenvalue weighted by Crippen LogP contribution is 2.26. The number of nitrogens with zero attached hydrogens (tertiary/aromatic N) is 2. The fourth-order valence-corrected chi connectivity index (χ4v) is 3.47. The Labute approximate surface area is 180 Å². The molecule has 0 saturated carbocycles. The lowest BCUT2D eigenvalue weighted by molar-refractivity contribution is -0.137. The van der Waals surface area contributed by atoms with E-state index >= 15 is 0 Å². The molecule has 0 bridgehead atoms. The van der Waals surface area contributed by atoms with Gasteiger partial charge in [-0.1, -0.05) is 18.2 Å². The van der Waals surface area contributed by atoms with Crippen LogP contribution in [-0.4, -0.2) is 34.7 Å². The molecule has 30 heavy (non-hydrogen) atoms. The van der Waals surface area contributed by atoms with E-state index in [2.05, 4.69) is 21.4 Å². The van der Waals surface area contributed by atoms with Gasteiger partial charge in [-0.25, -0.2) is 14.3 Å². The van der Waals surface area contributed by atoms with E-state index in [0.717, 1.165) is 22.0 Å². The van der Waals surface area contributed by atoms with E-state index in [-0.39, 0.29) is 17.7 Å². The predicted molar refractivity (Wildman–Crippen MR) is 111 cm³/mol. The number of anilines is 1. The molecule has 0 spiro atoms. The molecule has 0 radical (unpaired) electrons. The summed E-state index contributed by atoms with van der Waals surface area (Å²) >= 11 is 3.27. The summed E-state index contributed by atoms with van der Waals surface area (Å²) in [7, 11) is 0. The number of rotatable bonds is 4. The van der Waals surface area contributed by atoms with Gasteiger partial charge in [-0.05, 0) is 59.3 Å². The van der Waals surface area contributed by atoms with E-state index in [1.54, 1.807) is 31.2 Å². The lowest BCUT2D eigenvalue weighted by Crippen LogP contribution is -2.54. The minimum absolute atomic E-state index is 0.185. The molecule has 1 unspecified atom stereocenters. The Morgan fingerprint density at radius 1 is 1.17 bits per heavy atom. The van der Waals surface area contributed by atoms with Gasteiger partial charge in [0.1, 0.15) is 11.9 Å². The lowest BCUT2D eigenvalue weighted by Gasteiger charge is -2.27. The summed E-state index contributed by atoms with van der Waals surface area (Å²) in [6, 6.07) is 10.2. The number of carbonyl (C=O) groups is 4. The van der Waals surface area contributed by atoms with Crippen LogP contribution in [0.5, 0.6) is 0 Å². The van der Waals surface area contributed by atoms with Crippen LogP contribution in [0.15, 0.2) is 65.2 Å². The lowest BCUT2D eigenvalue weighted by atomic mass is 10.2. The van der Waals surface area contributed by atoms with E-state index in [9.17, 15) is 23.6 Å². The Bertz CT molecular complexity index is 1040. The van der Waals surface area contributed by atoms with Gasteiger partial charge in [-0.2, -0.15) is 0 Å². The second kappa shape index (κ2) is 9.00. The van der Waals surface area contributed by atoms with Gasteiger partial charge in [0.15, 0.2) is 0 Å². The van der Waals surface area contributed by atoms with Crippen LogP contribution in [0.2, 0.25) is 0 Å². The Kier molecular flexibility index (Phi) is 6.41. The van der Waals surface area contributed by atoms with Crippen LogP contribution in [0.4, 0.5) is 10.1 Å². The maximum atomic E-state index is 13.2. The van der Waals surface area contributed by atoms with Crippen molar-refractivity contribution in [3.05, 3.63) is 76.5 Å². The molecule has 1 heterocycles. The summed E-state index contributed by atoms with van der Waals surface area (Å²) in [6.45, 7) is 1.61. The fourth-order valence-electron chi connectivity index (χ4n) is 3.00. The molecule has 154 valence electrons. The molecular formula is C21H17BrFN3O4. The van der Waals surface area contributed by atoms with Gasteiger partial charge in [-0.15, -0.1) is 0 Å². The monoisotopic (exact) mass is 473 g/mol. The zero-order chi connectivity index (χ0) is 21.8. The van der Waals surface area contributed by atoms with Crippen molar-refractivity contribution in [2.45, 2.75) is 19.4 Å². The molecule has 1 fully saturated rings. The zero-order valence-corrected chi connectivity index (χ0v) is 17.4. The number of hydrazine groups is 1. The minimum Gasteiger partial charge on any atom is -0.274 e. The van der Waals surface area contributed by atoms with Crippen molar-refractivity contribution in [2.75, 3.05) is 4.90 Å². The van der Waals surface area contributed by atoms with Gasteiger partial charge in [0, 0.05) is 10.5 Å². The van der Waals surface area contributed by atoms with E-state index < -0.39 is 35.5 Å². The number of hydrogen-bond acceptors (Lipinski definition) is 4. The molecule has 3 rings (SSSR count). The molecule has 2 aromatic rings. The Balaban J connectivity index is 1.90. The first kappa shape index (κ1) is 21.4. The summed E-state index contributed by atoms with van der Waals surface area (Å²) in [5, 5.41) is 0.853. The standard InChI is InChI=1S/C21H17BrFN3O4/c1-2-5-18(27)26(24-20(29)15-6-3-4-7-16(15)22)17-12-19(28)25(21(17)30)14-10-8-13(23)9-11-14/h2-11,17H,12H2,1H3,(H,24,29). The molecule has 0 aromatic heterocycles. The number of halogens is 2. The van der Waals surface area contributed by atoms with Crippen molar-refractivity contribution >= 4 is 45.2 Å². The molecule has 1 saturated heterocycles. The van der Waals surface area contributed by atoms with Crippen molar-refractivity contribution in [3.8, 4) is 0 Å². The van der Waals surface area contributed by atoms with Crippen molar-refractivity contribution in [2.24, 2.45) is 0 Å². The molecule has 7 nitrogen and oxygen atoms in total. The number of imide groups is 1. The molecule has 1 aliphatic heterocycles. The van der Waals surface area contributed by atoms with Gasteiger partial charge in [-0.3, -0.25) is 24.6 Å². The van der Waals surface area contributed by atoms with Crippen molar-refractivity contribution < 1.29 is 23.6 Å². The zero-order valence-electron chi connectivity index (χ0n) is 15.8. The van der Waals surface area contributed by atoms with Crippen LogP contribution in [0.3, 0.4) is 0 Å². The largest absolute Gasteiger partial charge is 0.274 e. The third-order valence-electron chi connectivity index (χ3n) is 4.41. The summed E-state index contributed by atoms with van der Waals surface area (Å²) < 4.78 is 13.7. The van der Waals surface area contributed by atoms with E-state index in [1.807, 2.05) is 0 Å². The van der Waals surface area contributed by atoms with E-state index in [0.29, 0.717) is 4.47 Å². The van der Waals surface area contributed by atoms with Gasteiger partial charge in [0.25, 0.3) is 17.7 Å². The molecule has 2 aromatic carbocycles. The molecule has 4 amide bonds. The number of amides is 4. The molecule has 1 aliphatic rings. The molecule has 1 N–H and O–H groups in total. The van der Waals surface area contributed by atoms with Crippen LogP contribution in [0.1, 0.15) is 23.7 Å². The smallest absolute Gasteiger partial charge is 0.271 e. The van der Waals surface area contributed by atoms with Gasteiger partial charge >= 0.3 is 0 Å². The highest BCUT2D eigenvalue weighted by molar-refractivity contribution is 9.10. The maximum absolute atomic E-state index is 13.2. The molecule has 9 heteroatoms. The van der Waals surface area contributed by atoms with Crippen LogP contribution in [0, 0.1) is 5.82 Å². The summed E-state index contributed by atoms with van der Waals surface area (Å²) in [5.41, 5.74) is 2.87. The average Bonchev–Trinajstić information content (AvgIpc) is 3.01. The van der Waals surface area contributed by atoms with Crippen LogP contribution >= 0.6 is 15.9 Å². The van der Waals surface area contributed by atoms with E-state index in [1.165, 1.54) is 24.3 Å². The predicted octanol–water partition coefficient (Wildman–Crippen LogP) is 2.97. The number of benzene rings is 2. The van der Waals surface area contributed by atoms with Crippen molar-refractivity contribution in [3.63, 3.8) is 0 Å². The number of carbonyl (C=O) groups excluding carboxylic acids is 4. The van der Waals surface area contributed by atoms with Crippen LogP contribution in [-0.2, 0) is 14.4 Å². The minimum atomic E-state index is -1.24. The van der Waals surface area contributed by atoms with Crippen LogP contribution in [0.25, 0.3) is 0 Å². The summed E-state index contributed by atoms with van der Waals surface area (Å²) in [4.78, 5) is 51.7. The molecule has 1 atom stereocenters. The SMILES string of the molecule is CC=CC(=O)N(NC(=O)c1ccccc1Br)C1CC(=O)N(c2ccc(F)cc2)C1=O. The van der Waals surface area contributed by atoms with Crippen molar-refractivity contribution in [1.29, 1.82) is 0 Å². The first-order valence-electron chi connectivity index (χ1n) is 8.97. The Morgan fingerprint density at radius 2 is 1.83 bits per heavy atom. The average molecular weight is 474 g/mol. The van der Waals surface area contributed by atoms with Gasteiger partial charge in [0.2, 0.25) is 5.91 Å². The quantitative estimate of drug-likeness (QED) is 0.420. The number of hydrogen-bond donors (Lipinski definition) is 1. The fraction of sp³-hybridized carbons (Fsp3) is 0.143. The van der Waals surface area contributed by atoms with Gasteiger partial charge < -0.3 is 0 Å². The summed E-state index contributed by atoms with van der Waals surface area (Å²) in [5.74, 6) is -3.06.